The zero-order valence-electron chi connectivity index (χ0n) is 10.0. The number of nitrogens with one attached hydrogen (secondary N) is 1. The fraction of sp³-hybridized carbons (Fsp3) is 0. The third-order valence-corrected chi connectivity index (χ3v) is 2.54. The smallest absolute Gasteiger partial charge is 0.266 e. The first-order valence-electron chi connectivity index (χ1n) is 5.69. The molecule has 0 aliphatic rings. The maximum Gasteiger partial charge on any atom is 0.266 e. The first kappa shape index (κ1) is 13.2. The Morgan fingerprint density at radius 1 is 0.895 bits per heavy atom. The quantitative estimate of drug-likeness (QED) is 0.643. The van der Waals surface area contributed by atoms with Gasteiger partial charge in [0.15, 0.2) is 0 Å². The first-order chi connectivity index (χ1) is 9.25. The minimum atomic E-state index is -0.178. The van der Waals surface area contributed by atoms with Crippen LogP contribution in [0.3, 0.4) is 0 Å². The van der Waals surface area contributed by atoms with Gasteiger partial charge in [-0.15, -0.1) is 0 Å². The molecule has 1 aromatic heterocycles. The van der Waals surface area contributed by atoms with Gasteiger partial charge in [0.2, 0.25) is 0 Å². The van der Waals surface area contributed by atoms with Gasteiger partial charge in [0.25, 0.3) is 4.84 Å². The molecular formula is C15H12FNOS. The maximum absolute atomic E-state index is 11.9. The number of rotatable bonds is 1. The van der Waals surface area contributed by atoms with Crippen molar-refractivity contribution in [2.45, 2.75) is 0 Å². The molecule has 2 nitrogen and oxygen atoms in total. The summed E-state index contributed by atoms with van der Waals surface area (Å²) in [6, 6.07) is 17.8. The van der Waals surface area contributed by atoms with Crippen LogP contribution in [0.15, 0.2) is 71.3 Å². The number of aromatic amines is 1. The molecular weight excluding hydrogens is 261 g/mol. The van der Waals surface area contributed by atoms with Gasteiger partial charge in [-0.2, -0.15) is 0 Å². The fourth-order valence-corrected chi connectivity index (χ4v) is 1.61. The van der Waals surface area contributed by atoms with Crippen LogP contribution in [0.5, 0.6) is 0 Å². The summed E-state index contributed by atoms with van der Waals surface area (Å²) in [6.45, 7) is 0. The minimum absolute atomic E-state index is 0.178. The summed E-state index contributed by atoms with van der Waals surface area (Å²) in [5.74, 6) is -0.178. The minimum Gasteiger partial charge on any atom is -0.437 e. The zero-order chi connectivity index (χ0) is 13.5. The van der Waals surface area contributed by atoms with E-state index in [4.69, 9.17) is 16.6 Å². The summed E-state index contributed by atoms with van der Waals surface area (Å²) < 4.78 is 16.9. The number of benzene rings is 2. The van der Waals surface area contributed by atoms with Gasteiger partial charge < -0.3 is 9.40 Å². The third-order valence-electron chi connectivity index (χ3n) is 2.34. The van der Waals surface area contributed by atoms with Gasteiger partial charge in [0, 0.05) is 5.56 Å². The van der Waals surface area contributed by atoms with Crippen molar-refractivity contribution in [2.75, 3.05) is 0 Å². The van der Waals surface area contributed by atoms with Crippen molar-refractivity contribution in [2.24, 2.45) is 0 Å². The summed E-state index contributed by atoms with van der Waals surface area (Å²) in [7, 11) is 0. The van der Waals surface area contributed by atoms with Crippen molar-refractivity contribution >= 4 is 12.2 Å². The van der Waals surface area contributed by atoms with E-state index < -0.39 is 0 Å². The fourth-order valence-electron chi connectivity index (χ4n) is 1.45. The number of hydrogen-bond donors (Lipinski definition) is 1. The van der Waals surface area contributed by atoms with Crippen LogP contribution in [0.2, 0.25) is 0 Å². The molecule has 1 heterocycles. The van der Waals surface area contributed by atoms with Crippen LogP contribution in [0.25, 0.3) is 11.3 Å². The molecule has 4 heteroatoms. The zero-order valence-corrected chi connectivity index (χ0v) is 10.9. The van der Waals surface area contributed by atoms with E-state index in [1.807, 2.05) is 30.3 Å². The largest absolute Gasteiger partial charge is 0.437 e. The third kappa shape index (κ3) is 4.19. The molecule has 0 saturated carbocycles. The van der Waals surface area contributed by atoms with Gasteiger partial charge in [0.05, 0.1) is 5.69 Å². The molecule has 0 unspecified atom stereocenters. The second-order valence-electron chi connectivity index (χ2n) is 3.72. The predicted molar refractivity (Wildman–Crippen MR) is 75.7 cm³/mol. The lowest BCUT2D eigenvalue weighted by atomic mass is 10.2. The maximum atomic E-state index is 11.9. The van der Waals surface area contributed by atoms with Crippen molar-refractivity contribution in [1.29, 1.82) is 0 Å². The van der Waals surface area contributed by atoms with E-state index in [-0.39, 0.29) is 5.82 Å². The number of halogens is 1. The van der Waals surface area contributed by atoms with Gasteiger partial charge in [-0.25, -0.2) is 4.39 Å². The van der Waals surface area contributed by atoms with Crippen LogP contribution in [0.1, 0.15) is 0 Å². The van der Waals surface area contributed by atoms with E-state index in [0.717, 1.165) is 11.3 Å². The highest BCUT2D eigenvalue weighted by Gasteiger charge is 1.97. The molecule has 0 aliphatic heterocycles. The Labute approximate surface area is 115 Å². The second-order valence-corrected chi connectivity index (χ2v) is 4.09. The molecule has 19 heavy (non-hydrogen) atoms. The Bertz CT molecular complexity index is 661. The number of oxazole rings is 1. The number of hydrogen-bond acceptors (Lipinski definition) is 2. The Balaban J connectivity index is 0.000000163. The average Bonchev–Trinajstić information content (AvgIpc) is 2.88. The molecule has 0 amide bonds. The van der Waals surface area contributed by atoms with Crippen LogP contribution >= 0.6 is 12.2 Å². The summed E-state index contributed by atoms with van der Waals surface area (Å²) in [4.78, 5) is 3.35. The molecule has 3 rings (SSSR count). The molecule has 0 bridgehead atoms. The monoisotopic (exact) mass is 273 g/mol. The van der Waals surface area contributed by atoms with Crippen molar-refractivity contribution in [3.8, 4) is 11.3 Å². The Kier molecular flexibility index (Phi) is 4.64. The molecule has 0 atom stereocenters. The number of H-pyrrole nitrogens is 1. The van der Waals surface area contributed by atoms with Crippen molar-refractivity contribution < 1.29 is 8.81 Å². The normalized spacial score (nSPS) is 9.53. The molecule has 0 spiro atoms. The van der Waals surface area contributed by atoms with Crippen LogP contribution in [-0.2, 0) is 0 Å². The van der Waals surface area contributed by atoms with Crippen molar-refractivity contribution in [3.05, 3.63) is 77.6 Å². The first-order valence-corrected chi connectivity index (χ1v) is 6.10. The van der Waals surface area contributed by atoms with E-state index >= 15 is 0 Å². The van der Waals surface area contributed by atoms with Gasteiger partial charge in [-0.05, 0) is 24.4 Å². The van der Waals surface area contributed by atoms with Crippen molar-refractivity contribution in [3.63, 3.8) is 0 Å². The summed E-state index contributed by atoms with van der Waals surface area (Å²) in [5.41, 5.74) is 2.00. The second kappa shape index (κ2) is 6.66. The van der Waals surface area contributed by atoms with Gasteiger partial charge in [-0.3, -0.25) is 0 Å². The highest BCUT2D eigenvalue weighted by molar-refractivity contribution is 7.71. The summed E-state index contributed by atoms with van der Waals surface area (Å²) in [5, 5.41) is 0. The van der Waals surface area contributed by atoms with E-state index in [1.165, 1.54) is 12.1 Å². The van der Waals surface area contributed by atoms with Crippen LogP contribution in [-0.4, -0.2) is 4.98 Å². The molecule has 3 aromatic rings. The number of aromatic nitrogens is 1. The van der Waals surface area contributed by atoms with Gasteiger partial charge >= 0.3 is 0 Å². The van der Waals surface area contributed by atoms with Gasteiger partial charge in [0.1, 0.15) is 12.1 Å². The molecule has 2 aromatic carbocycles. The van der Waals surface area contributed by atoms with Gasteiger partial charge in [-0.1, -0.05) is 48.5 Å². The van der Waals surface area contributed by atoms with Crippen LogP contribution in [0, 0.1) is 10.7 Å². The SMILES string of the molecule is Fc1ccccc1.S=c1[nH]c(-c2ccccc2)co1. The molecule has 1 N–H and O–H groups in total. The molecule has 0 saturated heterocycles. The Morgan fingerprint density at radius 3 is 1.89 bits per heavy atom. The summed E-state index contributed by atoms with van der Waals surface area (Å²) >= 11 is 4.81. The standard InChI is InChI=1S/C9H7NOS.C6H5F/c12-9-10-8(6-11-9)7-4-2-1-3-5-7;7-6-4-2-1-3-5-6/h1-6H,(H,10,12);1-5H. The lowest BCUT2D eigenvalue weighted by Crippen LogP contribution is -1.74. The van der Waals surface area contributed by atoms with E-state index in [2.05, 4.69) is 4.98 Å². The molecule has 0 fully saturated rings. The molecule has 0 radical (unpaired) electrons. The molecule has 96 valence electrons. The van der Waals surface area contributed by atoms with E-state index in [9.17, 15) is 4.39 Å². The summed E-state index contributed by atoms with van der Waals surface area (Å²) in [6.07, 6.45) is 1.62. The topological polar surface area (TPSA) is 28.9 Å². The predicted octanol–water partition coefficient (Wildman–Crippen LogP) is 4.83. The highest BCUT2D eigenvalue weighted by Crippen LogP contribution is 2.15. The molecule has 0 aliphatic carbocycles. The van der Waals surface area contributed by atoms with Crippen molar-refractivity contribution in [1.82, 2.24) is 4.98 Å². The highest BCUT2D eigenvalue weighted by atomic mass is 32.1. The van der Waals surface area contributed by atoms with Crippen LogP contribution < -0.4 is 0 Å². The Hall–Kier alpha value is -2.20. The average molecular weight is 273 g/mol. The van der Waals surface area contributed by atoms with Crippen LogP contribution in [0.4, 0.5) is 4.39 Å². The Morgan fingerprint density at radius 2 is 1.47 bits per heavy atom. The van der Waals surface area contributed by atoms with E-state index in [0.29, 0.717) is 4.84 Å². The lowest BCUT2D eigenvalue weighted by Gasteiger charge is -1.92. The lowest BCUT2D eigenvalue weighted by molar-refractivity contribution is 0.541. The van der Waals surface area contributed by atoms with E-state index in [1.54, 1.807) is 24.5 Å².